The van der Waals surface area contributed by atoms with Crippen LogP contribution in [-0.2, 0) is 0 Å². The van der Waals surface area contributed by atoms with Gasteiger partial charge in [0.2, 0.25) is 0 Å². The van der Waals surface area contributed by atoms with Crippen LogP contribution in [-0.4, -0.2) is 10.8 Å². The second-order valence-electron chi connectivity index (χ2n) is 3.21. The number of hydrogen-bond donors (Lipinski definition) is 0. The highest BCUT2D eigenvalue weighted by atomic mass is 79.9. The van der Waals surface area contributed by atoms with Crippen LogP contribution in [0.25, 0.3) is 10.6 Å². The molecule has 1 aromatic heterocycles. The normalized spacial score (nSPS) is 10.4. The minimum absolute atomic E-state index is 0.0265. The predicted molar refractivity (Wildman–Crippen MR) is 65.2 cm³/mol. The van der Waals surface area contributed by atoms with Gasteiger partial charge in [-0.15, -0.1) is 11.3 Å². The molecule has 16 heavy (non-hydrogen) atoms. The number of hydrogen-bond acceptors (Lipinski definition) is 3. The molecule has 1 heterocycles. The third-order valence-corrected chi connectivity index (χ3v) is 3.81. The van der Waals surface area contributed by atoms with Gasteiger partial charge >= 0.3 is 0 Å². The van der Waals surface area contributed by atoms with Crippen molar-refractivity contribution in [1.29, 1.82) is 0 Å². The smallest absolute Gasteiger partial charge is 0.171 e. The van der Waals surface area contributed by atoms with Gasteiger partial charge in [-0.05, 0) is 28.1 Å². The van der Waals surface area contributed by atoms with Crippen LogP contribution >= 0.6 is 27.3 Å². The minimum atomic E-state index is -0.336. The molecule has 2 rings (SSSR count). The van der Waals surface area contributed by atoms with E-state index in [2.05, 4.69) is 20.9 Å². The third-order valence-electron chi connectivity index (χ3n) is 2.02. The lowest BCUT2D eigenvalue weighted by Crippen LogP contribution is -1.83. The van der Waals surface area contributed by atoms with Crippen LogP contribution in [0.5, 0.6) is 0 Å². The number of ketones is 1. The average molecular weight is 300 g/mol. The van der Waals surface area contributed by atoms with E-state index in [1.54, 1.807) is 12.1 Å². The first-order valence-electron chi connectivity index (χ1n) is 4.50. The summed E-state index contributed by atoms with van der Waals surface area (Å²) in [5.41, 5.74) is 0.679. The molecule has 0 atom stereocenters. The van der Waals surface area contributed by atoms with Crippen molar-refractivity contribution in [2.75, 3.05) is 0 Å². The minimum Gasteiger partial charge on any atom is -0.294 e. The monoisotopic (exact) mass is 299 g/mol. The molecular formula is C11H7BrFNOS. The van der Waals surface area contributed by atoms with Crippen molar-refractivity contribution in [3.05, 3.63) is 39.6 Å². The number of aromatic nitrogens is 1. The van der Waals surface area contributed by atoms with E-state index in [0.29, 0.717) is 19.9 Å². The van der Waals surface area contributed by atoms with Crippen LogP contribution in [0.2, 0.25) is 0 Å². The molecule has 1 aromatic carbocycles. The molecule has 2 aromatic rings. The number of halogens is 2. The second kappa shape index (κ2) is 4.43. The average Bonchev–Trinajstić information content (AvgIpc) is 2.71. The molecule has 0 N–H and O–H groups in total. The molecule has 0 spiro atoms. The Bertz CT molecular complexity index is 553. The van der Waals surface area contributed by atoms with E-state index < -0.39 is 0 Å². The van der Waals surface area contributed by atoms with E-state index >= 15 is 0 Å². The molecule has 0 unspecified atom stereocenters. The molecule has 0 aliphatic carbocycles. The molecule has 0 aliphatic heterocycles. The highest BCUT2D eigenvalue weighted by Gasteiger charge is 2.09. The number of thiazole rings is 1. The summed E-state index contributed by atoms with van der Waals surface area (Å²) < 4.78 is 13.7. The van der Waals surface area contributed by atoms with Gasteiger partial charge in [0, 0.05) is 18.7 Å². The van der Waals surface area contributed by atoms with E-state index in [0.717, 1.165) is 0 Å². The summed E-state index contributed by atoms with van der Waals surface area (Å²) in [5, 5.41) is 0.650. The van der Waals surface area contributed by atoms with Crippen molar-refractivity contribution in [2.45, 2.75) is 6.92 Å². The van der Waals surface area contributed by atoms with Gasteiger partial charge in [0.15, 0.2) is 5.78 Å². The Kier molecular flexibility index (Phi) is 3.16. The zero-order valence-electron chi connectivity index (χ0n) is 8.33. The Morgan fingerprint density at radius 3 is 2.81 bits per heavy atom. The molecule has 5 heteroatoms. The Hall–Kier alpha value is -1.07. The SMILES string of the molecule is CC(=O)c1cnc(-c2ccc(Br)c(F)c2)s1. The molecule has 0 fully saturated rings. The fourth-order valence-electron chi connectivity index (χ4n) is 1.20. The summed E-state index contributed by atoms with van der Waals surface area (Å²) in [5.74, 6) is -0.363. The number of rotatable bonds is 2. The number of carbonyl (C=O) groups is 1. The maximum absolute atomic E-state index is 13.3. The van der Waals surface area contributed by atoms with Gasteiger partial charge in [0.1, 0.15) is 10.8 Å². The molecule has 0 aliphatic rings. The molecule has 82 valence electrons. The van der Waals surface area contributed by atoms with Crippen molar-refractivity contribution in [3.8, 4) is 10.6 Å². The van der Waals surface area contributed by atoms with Gasteiger partial charge in [-0.1, -0.05) is 6.07 Å². The summed E-state index contributed by atoms with van der Waals surface area (Å²) >= 11 is 4.35. The quantitative estimate of drug-likeness (QED) is 0.787. The fraction of sp³-hybridized carbons (Fsp3) is 0.0909. The summed E-state index contributed by atoms with van der Waals surface area (Å²) in [6, 6.07) is 4.78. The lowest BCUT2D eigenvalue weighted by molar-refractivity contribution is 0.102. The zero-order valence-corrected chi connectivity index (χ0v) is 10.7. The lowest BCUT2D eigenvalue weighted by atomic mass is 10.2. The number of nitrogens with zero attached hydrogens (tertiary/aromatic N) is 1. The Morgan fingerprint density at radius 1 is 1.50 bits per heavy atom. The first kappa shape index (κ1) is 11.4. The first-order valence-corrected chi connectivity index (χ1v) is 6.11. The highest BCUT2D eigenvalue weighted by molar-refractivity contribution is 9.10. The summed E-state index contributed by atoms with van der Waals surface area (Å²) in [6.07, 6.45) is 1.52. The van der Waals surface area contributed by atoms with Crippen molar-refractivity contribution in [1.82, 2.24) is 4.98 Å². The molecule has 0 saturated carbocycles. The van der Waals surface area contributed by atoms with Crippen LogP contribution in [0.15, 0.2) is 28.9 Å². The Balaban J connectivity index is 2.42. The van der Waals surface area contributed by atoms with E-state index in [1.807, 2.05) is 0 Å². The number of benzene rings is 1. The highest BCUT2D eigenvalue weighted by Crippen LogP contribution is 2.28. The van der Waals surface area contributed by atoms with E-state index in [-0.39, 0.29) is 11.6 Å². The van der Waals surface area contributed by atoms with Gasteiger partial charge in [-0.25, -0.2) is 9.37 Å². The van der Waals surface area contributed by atoms with Gasteiger partial charge in [-0.3, -0.25) is 4.79 Å². The van der Waals surface area contributed by atoms with Gasteiger partial charge in [0.05, 0.1) is 9.35 Å². The Morgan fingerprint density at radius 2 is 2.25 bits per heavy atom. The third kappa shape index (κ3) is 2.20. The van der Waals surface area contributed by atoms with Crippen molar-refractivity contribution >= 4 is 33.0 Å². The van der Waals surface area contributed by atoms with Crippen LogP contribution in [0, 0.1) is 5.82 Å². The molecule has 0 bridgehead atoms. The molecule has 2 nitrogen and oxygen atoms in total. The molecule has 0 saturated heterocycles. The topological polar surface area (TPSA) is 30.0 Å². The van der Waals surface area contributed by atoms with Crippen molar-refractivity contribution in [2.24, 2.45) is 0 Å². The molecular weight excluding hydrogens is 293 g/mol. The van der Waals surface area contributed by atoms with Crippen LogP contribution in [0.1, 0.15) is 16.6 Å². The van der Waals surface area contributed by atoms with Crippen LogP contribution in [0.3, 0.4) is 0 Å². The maximum Gasteiger partial charge on any atom is 0.171 e. The van der Waals surface area contributed by atoms with Crippen LogP contribution < -0.4 is 0 Å². The number of carbonyl (C=O) groups excluding carboxylic acids is 1. The lowest BCUT2D eigenvalue weighted by Gasteiger charge is -1.97. The Labute approximate surface area is 104 Å². The largest absolute Gasteiger partial charge is 0.294 e. The van der Waals surface area contributed by atoms with Crippen molar-refractivity contribution in [3.63, 3.8) is 0 Å². The first-order chi connectivity index (χ1) is 7.58. The van der Waals surface area contributed by atoms with E-state index in [1.165, 1.54) is 30.5 Å². The summed E-state index contributed by atoms with van der Waals surface area (Å²) in [7, 11) is 0. The summed E-state index contributed by atoms with van der Waals surface area (Å²) in [6.45, 7) is 1.49. The fourth-order valence-corrected chi connectivity index (χ4v) is 2.25. The predicted octanol–water partition coefficient (Wildman–Crippen LogP) is 3.91. The van der Waals surface area contributed by atoms with E-state index in [4.69, 9.17) is 0 Å². The summed E-state index contributed by atoms with van der Waals surface area (Å²) in [4.78, 5) is 15.8. The second-order valence-corrected chi connectivity index (χ2v) is 5.10. The van der Waals surface area contributed by atoms with Gasteiger partial charge < -0.3 is 0 Å². The van der Waals surface area contributed by atoms with E-state index in [9.17, 15) is 9.18 Å². The maximum atomic E-state index is 13.3. The van der Waals surface area contributed by atoms with Crippen LogP contribution in [0.4, 0.5) is 4.39 Å². The molecule has 0 radical (unpaired) electrons. The van der Waals surface area contributed by atoms with Gasteiger partial charge in [0.25, 0.3) is 0 Å². The standard InChI is InChI=1S/C11H7BrFNOS/c1-6(15)10-5-14-11(16-10)7-2-3-8(12)9(13)4-7/h2-5H,1H3. The molecule has 0 amide bonds. The van der Waals surface area contributed by atoms with Crippen molar-refractivity contribution < 1.29 is 9.18 Å². The number of Topliss-reactive ketones (excluding diaryl/α,β-unsaturated/α-hetero) is 1. The zero-order chi connectivity index (χ0) is 11.7. The van der Waals surface area contributed by atoms with Gasteiger partial charge in [-0.2, -0.15) is 0 Å².